The zero-order chi connectivity index (χ0) is 12.8. The number of rotatable bonds is 5. The quantitative estimate of drug-likeness (QED) is 0.364. The summed E-state index contributed by atoms with van der Waals surface area (Å²) in [6.45, 7) is 1.78. The summed E-state index contributed by atoms with van der Waals surface area (Å²) in [4.78, 5) is 32.0. The van der Waals surface area contributed by atoms with E-state index in [9.17, 15) is 14.4 Å². The van der Waals surface area contributed by atoms with Gasteiger partial charge in [-0.15, -0.1) is 0 Å². The Morgan fingerprint density at radius 2 is 2.06 bits per heavy atom. The summed E-state index contributed by atoms with van der Waals surface area (Å²) in [5.41, 5.74) is 1.98. The number of aldehydes is 1. The van der Waals surface area contributed by atoms with Crippen LogP contribution in [0.2, 0.25) is 0 Å². The highest BCUT2D eigenvalue weighted by Gasteiger charge is 2.06. The van der Waals surface area contributed by atoms with Crippen LogP contribution in [0.1, 0.15) is 27.9 Å². The largest absolute Gasteiger partial charge is 0.478 e. The Morgan fingerprint density at radius 1 is 1.35 bits per heavy atom. The lowest BCUT2D eigenvalue weighted by molar-refractivity contribution is -0.131. The molecule has 4 nitrogen and oxygen atoms in total. The van der Waals surface area contributed by atoms with Gasteiger partial charge in [0.15, 0.2) is 5.78 Å². The molecule has 0 aromatic heterocycles. The van der Waals surface area contributed by atoms with Gasteiger partial charge in [-0.1, -0.05) is 12.1 Å². The van der Waals surface area contributed by atoms with Crippen molar-refractivity contribution in [2.45, 2.75) is 13.3 Å². The van der Waals surface area contributed by atoms with Gasteiger partial charge in [0.25, 0.3) is 0 Å². The normalized spacial score (nSPS) is 10.4. The average molecular weight is 232 g/mol. The van der Waals surface area contributed by atoms with Crippen molar-refractivity contribution in [2.24, 2.45) is 0 Å². The molecule has 0 radical (unpaired) electrons. The molecule has 1 aromatic carbocycles. The van der Waals surface area contributed by atoms with Crippen LogP contribution in [0, 0.1) is 6.92 Å². The second kappa shape index (κ2) is 5.75. The maximum Gasteiger partial charge on any atom is 0.328 e. The number of hydrogen-bond donors (Lipinski definition) is 1. The molecule has 0 spiro atoms. The molecule has 1 N–H and O–H groups in total. The Balaban J connectivity index is 2.97. The van der Waals surface area contributed by atoms with Crippen molar-refractivity contribution in [3.05, 3.63) is 41.0 Å². The molecule has 4 heteroatoms. The lowest BCUT2D eigenvalue weighted by Gasteiger charge is -2.03. The minimum absolute atomic E-state index is 0.135. The van der Waals surface area contributed by atoms with Crippen LogP contribution >= 0.6 is 0 Å². The number of aryl methyl sites for hydroxylation is 1. The summed E-state index contributed by atoms with van der Waals surface area (Å²) in [6, 6.07) is 4.89. The molecular formula is C13H12O4. The van der Waals surface area contributed by atoms with Crippen LogP contribution < -0.4 is 0 Å². The third kappa shape index (κ3) is 3.68. The van der Waals surface area contributed by atoms with E-state index in [2.05, 4.69) is 0 Å². The molecule has 0 fully saturated rings. The van der Waals surface area contributed by atoms with E-state index < -0.39 is 5.97 Å². The fourth-order valence-corrected chi connectivity index (χ4v) is 1.39. The van der Waals surface area contributed by atoms with Crippen molar-refractivity contribution >= 4 is 24.1 Å². The lowest BCUT2D eigenvalue weighted by Crippen LogP contribution is -2.00. The van der Waals surface area contributed by atoms with Gasteiger partial charge in [-0.2, -0.15) is 0 Å². The third-order valence-electron chi connectivity index (χ3n) is 2.27. The number of benzene rings is 1. The zero-order valence-corrected chi connectivity index (χ0v) is 9.34. The molecule has 0 atom stereocenters. The second-order valence-corrected chi connectivity index (χ2v) is 3.54. The first kappa shape index (κ1) is 12.8. The van der Waals surface area contributed by atoms with Gasteiger partial charge in [0.2, 0.25) is 0 Å². The molecule has 0 saturated carbocycles. The maximum atomic E-state index is 11.4. The molecule has 0 aliphatic rings. The van der Waals surface area contributed by atoms with Gasteiger partial charge >= 0.3 is 5.97 Å². The highest BCUT2D eigenvalue weighted by molar-refractivity contribution is 6.03. The van der Waals surface area contributed by atoms with E-state index in [1.807, 2.05) is 0 Å². The van der Waals surface area contributed by atoms with Crippen molar-refractivity contribution in [2.75, 3.05) is 0 Å². The minimum atomic E-state index is -1.02. The maximum absolute atomic E-state index is 11.4. The molecule has 0 unspecified atom stereocenters. The van der Waals surface area contributed by atoms with Crippen molar-refractivity contribution in [3.63, 3.8) is 0 Å². The highest BCUT2D eigenvalue weighted by atomic mass is 16.4. The first-order valence-electron chi connectivity index (χ1n) is 5.03. The number of carbonyl (C=O) groups excluding carboxylic acids is 2. The molecule has 1 rings (SSSR count). The predicted octanol–water partition coefficient (Wildman–Crippen LogP) is 1.86. The number of carboxylic acids is 1. The second-order valence-electron chi connectivity index (χ2n) is 3.54. The van der Waals surface area contributed by atoms with Gasteiger partial charge in [0.05, 0.1) is 6.42 Å². The number of Topliss-reactive ketones (excluding diaryl/α,β-unsaturated/α-hetero) is 1. The van der Waals surface area contributed by atoms with Crippen molar-refractivity contribution < 1.29 is 19.5 Å². The summed E-state index contributed by atoms with van der Waals surface area (Å²) in [5.74, 6) is -1.26. The number of carbonyl (C=O) groups is 3. The molecule has 1 aromatic rings. The molecule has 0 bridgehead atoms. The Kier molecular flexibility index (Phi) is 4.34. The standard InChI is InChI=1S/C13H12O4/c1-9-8-11(12(15)6-7-14)3-2-10(9)4-5-13(16)17/h2-5,7-8H,6H2,1H3,(H,16,17)/b5-4+. The molecule has 0 aliphatic heterocycles. The van der Waals surface area contributed by atoms with Crippen LogP contribution in [0.5, 0.6) is 0 Å². The van der Waals surface area contributed by atoms with E-state index in [1.165, 1.54) is 6.08 Å². The van der Waals surface area contributed by atoms with E-state index in [0.717, 1.165) is 17.2 Å². The van der Waals surface area contributed by atoms with Gasteiger partial charge in [-0.3, -0.25) is 4.79 Å². The Bertz CT molecular complexity index is 486. The highest BCUT2D eigenvalue weighted by Crippen LogP contribution is 2.14. The van der Waals surface area contributed by atoms with Gasteiger partial charge in [-0.05, 0) is 30.2 Å². The van der Waals surface area contributed by atoms with Gasteiger partial charge in [0.1, 0.15) is 6.29 Å². The lowest BCUT2D eigenvalue weighted by atomic mass is 10.0. The summed E-state index contributed by atoms with van der Waals surface area (Å²) in [6.07, 6.45) is 2.93. The number of carboxylic acid groups (broad SMARTS) is 1. The van der Waals surface area contributed by atoms with Crippen LogP contribution in [-0.4, -0.2) is 23.1 Å². The molecule has 17 heavy (non-hydrogen) atoms. The molecular weight excluding hydrogens is 220 g/mol. The van der Waals surface area contributed by atoms with Crippen LogP contribution in [0.3, 0.4) is 0 Å². The molecule has 0 saturated heterocycles. The summed E-state index contributed by atoms with van der Waals surface area (Å²) >= 11 is 0. The SMILES string of the molecule is Cc1cc(C(=O)CC=O)ccc1/C=C/C(=O)O. The summed E-state index contributed by atoms with van der Waals surface area (Å²) in [7, 11) is 0. The molecule has 0 amide bonds. The monoisotopic (exact) mass is 232 g/mol. The van der Waals surface area contributed by atoms with Crippen molar-refractivity contribution in [1.29, 1.82) is 0 Å². The van der Waals surface area contributed by atoms with Gasteiger partial charge in [0, 0.05) is 11.6 Å². The van der Waals surface area contributed by atoms with E-state index in [4.69, 9.17) is 5.11 Å². The average Bonchev–Trinajstić information content (AvgIpc) is 2.27. The van der Waals surface area contributed by atoms with E-state index in [-0.39, 0.29) is 12.2 Å². The smallest absolute Gasteiger partial charge is 0.328 e. The van der Waals surface area contributed by atoms with Crippen LogP contribution in [0.4, 0.5) is 0 Å². The van der Waals surface area contributed by atoms with E-state index >= 15 is 0 Å². The van der Waals surface area contributed by atoms with Crippen molar-refractivity contribution in [1.82, 2.24) is 0 Å². The molecule has 0 heterocycles. The topological polar surface area (TPSA) is 71.4 Å². The van der Waals surface area contributed by atoms with Crippen LogP contribution in [0.15, 0.2) is 24.3 Å². The predicted molar refractivity (Wildman–Crippen MR) is 62.9 cm³/mol. The number of hydrogen-bond acceptors (Lipinski definition) is 3. The number of aliphatic carboxylic acids is 1. The number of ketones is 1. The first-order valence-corrected chi connectivity index (χ1v) is 5.03. The Hall–Kier alpha value is -2.23. The van der Waals surface area contributed by atoms with Crippen LogP contribution in [0.25, 0.3) is 6.08 Å². The summed E-state index contributed by atoms with van der Waals surface area (Å²) < 4.78 is 0. The van der Waals surface area contributed by atoms with Gasteiger partial charge in [-0.25, -0.2) is 4.79 Å². The van der Waals surface area contributed by atoms with Crippen molar-refractivity contribution in [3.8, 4) is 0 Å². The van der Waals surface area contributed by atoms with E-state index in [1.54, 1.807) is 25.1 Å². The first-order chi connectivity index (χ1) is 8.04. The zero-order valence-electron chi connectivity index (χ0n) is 9.34. The fourth-order valence-electron chi connectivity index (χ4n) is 1.39. The van der Waals surface area contributed by atoms with Crippen LogP contribution in [-0.2, 0) is 9.59 Å². The molecule has 88 valence electrons. The third-order valence-corrected chi connectivity index (χ3v) is 2.27. The minimum Gasteiger partial charge on any atom is -0.478 e. The van der Waals surface area contributed by atoms with E-state index in [0.29, 0.717) is 11.8 Å². The fraction of sp³-hybridized carbons (Fsp3) is 0.154. The van der Waals surface area contributed by atoms with Gasteiger partial charge < -0.3 is 9.90 Å². The Morgan fingerprint density at radius 3 is 2.59 bits per heavy atom. The molecule has 0 aliphatic carbocycles. The Labute approximate surface area is 98.6 Å². The summed E-state index contributed by atoms with van der Waals surface area (Å²) in [5, 5.41) is 8.50.